The second-order valence-electron chi connectivity index (χ2n) is 8.54. The Labute approximate surface area is 207 Å². The molecule has 0 fully saturated rings. The molecule has 37 heavy (non-hydrogen) atoms. The fourth-order valence-corrected chi connectivity index (χ4v) is 4.16. The summed E-state index contributed by atoms with van der Waals surface area (Å²) in [4.78, 5) is 24.5. The minimum atomic E-state index is -4.44. The van der Waals surface area contributed by atoms with Crippen LogP contribution in [-0.4, -0.2) is 31.9 Å². The van der Waals surface area contributed by atoms with Crippen molar-refractivity contribution in [1.82, 2.24) is 20.3 Å². The molecule has 0 saturated carbocycles. The molecule has 1 amide bonds. The quantitative estimate of drug-likeness (QED) is 0.316. The number of nitrogens with one attached hydrogen (secondary N) is 1. The third-order valence-electron chi connectivity index (χ3n) is 6.12. The molecule has 188 valence electrons. The zero-order valence-corrected chi connectivity index (χ0v) is 19.3. The standard InChI is InChI=1S/C26H19F3N4O4/c1-14(16-4-6-17(7-5-16)25(35)36)32-24(34)19-10-22-20(12-31-37-22)21-11-30-33(23(19)21)13-15-2-8-18(9-3-15)26(27,28)29/h2-12,14H,13H2,1H3,(H,32,34)(H,35,36)/t14-/m0/s1. The lowest BCUT2D eigenvalue weighted by Gasteiger charge is -2.16. The molecule has 0 unspecified atom stereocenters. The van der Waals surface area contributed by atoms with Crippen molar-refractivity contribution in [2.45, 2.75) is 25.7 Å². The van der Waals surface area contributed by atoms with E-state index in [9.17, 15) is 22.8 Å². The smallest absolute Gasteiger partial charge is 0.416 e. The van der Waals surface area contributed by atoms with Gasteiger partial charge in [0.05, 0.1) is 52.6 Å². The van der Waals surface area contributed by atoms with Gasteiger partial charge in [-0.25, -0.2) is 4.79 Å². The van der Waals surface area contributed by atoms with Crippen LogP contribution in [0.15, 0.2) is 71.5 Å². The molecule has 0 aliphatic carbocycles. The van der Waals surface area contributed by atoms with E-state index in [-0.39, 0.29) is 17.7 Å². The number of hydrogen-bond acceptors (Lipinski definition) is 5. The first-order valence-corrected chi connectivity index (χ1v) is 11.1. The first kappa shape index (κ1) is 24.0. The number of benzene rings is 3. The lowest BCUT2D eigenvalue weighted by molar-refractivity contribution is -0.137. The van der Waals surface area contributed by atoms with Crippen LogP contribution in [0.2, 0.25) is 0 Å². The summed E-state index contributed by atoms with van der Waals surface area (Å²) < 4.78 is 45.7. The van der Waals surface area contributed by atoms with Gasteiger partial charge in [-0.05, 0) is 48.4 Å². The predicted molar refractivity (Wildman–Crippen MR) is 127 cm³/mol. The molecule has 2 N–H and O–H groups in total. The Bertz CT molecular complexity index is 1620. The number of fused-ring (bicyclic) bond motifs is 3. The molecule has 8 nitrogen and oxygen atoms in total. The van der Waals surface area contributed by atoms with Crippen molar-refractivity contribution in [3.63, 3.8) is 0 Å². The second kappa shape index (κ2) is 9.08. The van der Waals surface area contributed by atoms with Gasteiger partial charge in [-0.1, -0.05) is 29.4 Å². The average Bonchev–Trinajstić information content (AvgIpc) is 3.50. The number of hydrogen-bond donors (Lipinski definition) is 2. The van der Waals surface area contributed by atoms with Crippen molar-refractivity contribution in [2.24, 2.45) is 0 Å². The normalized spacial score (nSPS) is 12.6. The largest absolute Gasteiger partial charge is 0.478 e. The molecular weight excluding hydrogens is 489 g/mol. The maximum absolute atomic E-state index is 13.4. The van der Waals surface area contributed by atoms with Gasteiger partial charge in [-0.15, -0.1) is 0 Å². The fourth-order valence-electron chi connectivity index (χ4n) is 4.16. The van der Waals surface area contributed by atoms with Gasteiger partial charge in [0, 0.05) is 5.39 Å². The van der Waals surface area contributed by atoms with Crippen molar-refractivity contribution in [3.05, 3.63) is 94.8 Å². The number of halogens is 3. The van der Waals surface area contributed by atoms with Crippen molar-refractivity contribution < 1.29 is 32.4 Å². The lowest BCUT2D eigenvalue weighted by Crippen LogP contribution is -2.27. The number of rotatable bonds is 6. The molecule has 0 radical (unpaired) electrons. The maximum Gasteiger partial charge on any atom is 0.416 e. The number of nitrogens with zero attached hydrogens (tertiary/aromatic N) is 3. The van der Waals surface area contributed by atoms with Gasteiger partial charge in [-0.2, -0.15) is 18.3 Å². The topological polar surface area (TPSA) is 110 Å². The van der Waals surface area contributed by atoms with E-state index in [2.05, 4.69) is 15.6 Å². The molecular formula is C26H19F3N4O4. The molecule has 0 bridgehead atoms. The highest BCUT2D eigenvalue weighted by Crippen LogP contribution is 2.31. The van der Waals surface area contributed by atoms with E-state index in [0.717, 1.165) is 12.1 Å². The van der Waals surface area contributed by atoms with E-state index in [1.54, 1.807) is 36.0 Å². The molecule has 0 spiro atoms. The summed E-state index contributed by atoms with van der Waals surface area (Å²) in [5.41, 5.74) is 1.75. The average molecular weight is 508 g/mol. The summed E-state index contributed by atoms with van der Waals surface area (Å²) in [6.45, 7) is 1.89. The number of carboxylic acids is 1. The van der Waals surface area contributed by atoms with Gasteiger partial charge in [0.2, 0.25) is 0 Å². The minimum absolute atomic E-state index is 0.130. The minimum Gasteiger partial charge on any atom is -0.478 e. The highest BCUT2D eigenvalue weighted by atomic mass is 19.4. The first-order valence-electron chi connectivity index (χ1n) is 11.1. The Hall–Kier alpha value is -4.67. The van der Waals surface area contributed by atoms with E-state index in [1.165, 1.54) is 30.5 Å². The van der Waals surface area contributed by atoms with Gasteiger partial charge in [-0.3, -0.25) is 9.48 Å². The molecule has 3 aromatic carbocycles. The van der Waals surface area contributed by atoms with E-state index >= 15 is 0 Å². The van der Waals surface area contributed by atoms with Crippen molar-refractivity contribution >= 4 is 33.7 Å². The number of carbonyl (C=O) groups excluding carboxylic acids is 1. The second-order valence-corrected chi connectivity index (χ2v) is 8.54. The third-order valence-corrected chi connectivity index (χ3v) is 6.12. The monoisotopic (exact) mass is 508 g/mol. The summed E-state index contributed by atoms with van der Waals surface area (Å²) in [6.07, 6.45) is -1.37. The fraction of sp³-hybridized carbons (Fsp3) is 0.154. The van der Waals surface area contributed by atoms with Crippen LogP contribution in [0.4, 0.5) is 13.2 Å². The number of aromatic nitrogens is 3. The third kappa shape index (κ3) is 4.63. The summed E-state index contributed by atoms with van der Waals surface area (Å²) in [7, 11) is 0. The summed E-state index contributed by atoms with van der Waals surface area (Å²) >= 11 is 0. The summed E-state index contributed by atoms with van der Waals surface area (Å²) in [5, 5.41) is 21.4. The molecule has 0 saturated heterocycles. The SMILES string of the molecule is C[C@H](NC(=O)c1cc2oncc2c2cnn(Cc3ccc(C(F)(F)F)cc3)c12)c1ccc(C(=O)O)cc1. The number of carbonyl (C=O) groups is 2. The van der Waals surface area contributed by atoms with Crippen LogP contribution in [0.1, 0.15) is 50.4 Å². The van der Waals surface area contributed by atoms with Gasteiger partial charge in [0.15, 0.2) is 5.58 Å². The van der Waals surface area contributed by atoms with E-state index < -0.39 is 29.7 Å². The highest BCUT2D eigenvalue weighted by molar-refractivity contribution is 6.14. The predicted octanol–water partition coefficient (Wildman–Crippen LogP) is 5.43. The Kier molecular flexibility index (Phi) is 5.90. The number of carboxylic acid groups (broad SMARTS) is 1. The number of aromatic carboxylic acids is 1. The van der Waals surface area contributed by atoms with E-state index in [0.29, 0.717) is 33.0 Å². The molecule has 5 aromatic rings. The Morgan fingerprint density at radius 2 is 1.76 bits per heavy atom. The Balaban J connectivity index is 1.49. The molecule has 0 aliphatic rings. The Morgan fingerprint density at radius 3 is 2.41 bits per heavy atom. The van der Waals surface area contributed by atoms with Crippen LogP contribution >= 0.6 is 0 Å². The highest BCUT2D eigenvalue weighted by Gasteiger charge is 2.30. The van der Waals surface area contributed by atoms with Gasteiger partial charge >= 0.3 is 12.1 Å². The van der Waals surface area contributed by atoms with Crippen LogP contribution in [0.5, 0.6) is 0 Å². The van der Waals surface area contributed by atoms with E-state index in [4.69, 9.17) is 9.63 Å². The molecule has 2 aromatic heterocycles. The van der Waals surface area contributed by atoms with Crippen LogP contribution in [0.25, 0.3) is 21.9 Å². The van der Waals surface area contributed by atoms with Crippen LogP contribution < -0.4 is 5.32 Å². The van der Waals surface area contributed by atoms with Crippen molar-refractivity contribution in [2.75, 3.05) is 0 Å². The van der Waals surface area contributed by atoms with Gasteiger partial charge in [0.25, 0.3) is 5.91 Å². The van der Waals surface area contributed by atoms with Crippen LogP contribution in [0.3, 0.4) is 0 Å². The molecule has 11 heteroatoms. The first-order chi connectivity index (χ1) is 17.6. The summed E-state index contributed by atoms with van der Waals surface area (Å²) in [5.74, 6) is -1.49. The number of amides is 1. The molecule has 0 aliphatic heterocycles. The van der Waals surface area contributed by atoms with Crippen molar-refractivity contribution in [3.8, 4) is 0 Å². The van der Waals surface area contributed by atoms with Crippen LogP contribution in [0, 0.1) is 0 Å². The molecule has 5 rings (SSSR count). The van der Waals surface area contributed by atoms with Gasteiger partial charge < -0.3 is 14.9 Å². The zero-order chi connectivity index (χ0) is 26.3. The lowest BCUT2D eigenvalue weighted by atomic mass is 10.0. The van der Waals surface area contributed by atoms with E-state index in [1.807, 2.05) is 0 Å². The van der Waals surface area contributed by atoms with Gasteiger partial charge in [0.1, 0.15) is 0 Å². The number of alkyl halides is 3. The molecule has 1 atom stereocenters. The Morgan fingerprint density at radius 1 is 1.05 bits per heavy atom. The zero-order valence-electron chi connectivity index (χ0n) is 19.3. The maximum atomic E-state index is 13.4. The summed E-state index contributed by atoms with van der Waals surface area (Å²) in [6, 6.07) is 12.0. The van der Waals surface area contributed by atoms with Crippen molar-refractivity contribution in [1.29, 1.82) is 0 Å². The molecule has 2 heterocycles. The van der Waals surface area contributed by atoms with Crippen LogP contribution in [-0.2, 0) is 12.7 Å².